The zero-order valence-corrected chi connectivity index (χ0v) is 15.8. The van der Waals surface area contributed by atoms with Gasteiger partial charge in [-0.3, -0.25) is 4.79 Å². The number of para-hydroxylation sites is 1. The zero-order valence-electron chi connectivity index (χ0n) is 15.8. The number of ether oxygens (including phenoxy) is 1. The largest absolute Gasteiger partial charge is 0.457 e. The second-order valence-corrected chi connectivity index (χ2v) is 6.65. The van der Waals surface area contributed by atoms with Crippen LogP contribution < -0.4 is 4.74 Å². The van der Waals surface area contributed by atoms with E-state index in [4.69, 9.17) is 4.74 Å². The van der Waals surface area contributed by atoms with E-state index >= 15 is 0 Å². The highest BCUT2D eigenvalue weighted by atomic mass is 19.4. The molecule has 3 nitrogen and oxygen atoms in total. The van der Waals surface area contributed by atoms with Crippen molar-refractivity contribution in [3.8, 4) is 11.5 Å². The van der Waals surface area contributed by atoms with E-state index in [1.165, 1.54) is 12.1 Å². The number of rotatable bonds is 6. The molecule has 3 rings (SSSR count). The second kappa shape index (κ2) is 8.82. The van der Waals surface area contributed by atoms with Crippen molar-refractivity contribution < 1.29 is 22.7 Å². The quantitative estimate of drug-likeness (QED) is 0.509. The highest BCUT2D eigenvalue weighted by molar-refractivity contribution is 5.94. The molecule has 3 aromatic rings. The zero-order chi connectivity index (χ0) is 20.9. The Morgan fingerprint density at radius 2 is 1.52 bits per heavy atom. The predicted octanol–water partition coefficient (Wildman–Crippen LogP) is 5.99. The number of alkyl halides is 3. The van der Waals surface area contributed by atoms with Gasteiger partial charge in [0.05, 0.1) is 0 Å². The van der Waals surface area contributed by atoms with Crippen molar-refractivity contribution >= 4 is 5.91 Å². The van der Waals surface area contributed by atoms with Gasteiger partial charge in [0.25, 0.3) is 5.91 Å². The highest BCUT2D eigenvalue weighted by Crippen LogP contribution is 2.26. The average molecular weight is 399 g/mol. The first-order chi connectivity index (χ1) is 13.8. The van der Waals surface area contributed by atoms with Crippen molar-refractivity contribution in [1.29, 1.82) is 0 Å². The molecule has 29 heavy (non-hydrogen) atoms. The van der Waals surface area contributed by atoms with Crippen LogP contribution in [0.15, 0.2) is 78.9 Å². The van der Waals surface area contributed by atoms with Crippen molar-refractivity contribution in [3.05, 3.63) is 95.6 Å². The molecule has 1 amide bonds. The molecule has 0 spiro atoms. The number of carbonyl (C=O) groups excluding carboxylic acids is 1. The molecule has 6 heteroatoms. The van der Waals surface area contributed by atoms with Crippen molar-refractivity contribution in [2.45, 2.75) is 19.6 Å². The molecule has 150 valence electrons. The molecule has 0 fully saturated rings. The third-order valence-corrected chi connectivity index (χ3v) is 4.30. The second-order valence-electron chi connectivity index (χ2n) is 6.65. The fourth-order valence-electron chi connectivity index (χ4n) is 2.87. The van der Waals surface area contributed by atoms with Crippen LogP contribution >= 0.6 is 0 Å². The Balaban J connectivity index is 1.77. The third-order valence-electron chi connectivity index (χ3n) is 4.30. The van der Waals surface area contributed by atoms with Gasteiger partial charge in [0.2, 0.25) is 0 Å². The summed E-state index contributed by atoms with van der Waals surface area (Å²) < 4.78 is 44.8. The molecule has 0 unspecified atom stereocenters. The first kappa shape index (κ1) is 20.5. The lowest BCUT2D eigenvalue weighted by atomic mass is 10.1. The summed E-state index contributed by atoms with van der Waals surface area (Å²) in [5.41, 5.74) is 1.75. The minimum atomic E-state index is -4.49. The van der Waals surface area contributed by atoms with E-state index in [-0.39, 0.29) is 12.1 Å². The summed E-state index contributed by atoms with van der Waals surface area (Å²) in [4.78, 5) is 13.5. The van der Waals surface area contributed by atoms with Gasteiger partial charge in [-0.05, 0) is 48.4 Å². The van der Waals surface area contributed by atoms with Crippen LogP contribution in [-0.4, -0.2) is 23.5 Å². The molecular weight excluding hydrogens is 379 g/mol. The molecule has 3 aromatic carbocycles. The van der Waals surface area contributed by atoms with E-state index in [0.717, 1.165) is 10.5 Å². The van der Waals surface area contributed by atoms with Gasteiger partial charge in [0.15, 0.2) is 0 Å². The lowest BCUT2D eigenvalue weighted by molar-refractivity contribution is -0.141. The van der Waals surface area contributed by atoms with E-state index < -0.39 is 18.6 Å². The van der Waals surface area contributed by atoms with Gasteiger partial charge >= 0.3 is 6.18 Å². The average Bonchev–Trinajstić information content (AvgIpc) is 2.69. The first-order valence-electron chi connectivity index (χ1n) is 9.05. The Morgan fingerprint density at radius 3 is 2.14 bits per heavy atom. The molecular formula is C23H20F3NO2. The molecule has 0 aliphatic rings. The highest BCUT2D eigenvalue weighted by Gasteiger charge is 2.33. The maximum Gasteiger partial charge on any atom is 0.406 e. The van der Waals surface area contributed by atoms with Gasteiger partial charge in [0.1, 0.15) is 18.0 Å². The van der Waals surface area contributed by atoms with Crippen molar-refractivity contribution in [2.75, 3.05) is 6.54 Å². The molecule has 0 N–H and O–H groups in total. The maximum atomic E-state index is 13.0. The molecule has 0 atom stereocenters. The minimum absolute atomic E-state index is 0.124. The first-order valence-corrected chi connectivity index (χ1v) is 9.05. The number of aryl methyl sites for hydroxylation is 1. The Morgan fingerprint density at radius 1 is 0.897 bits per heavy atom. The van der Waals surface area contributed by atoms with Gasteiger partial charge in [-0.15, -0.1) is 0 Å². The Bertz CT molecular complexity index is 954. The molecule has 0 saturated heterocycles. The summed E-state index contributed by atoms with van der Waals surface area (Å²) >= 11 is 0. The van der Waals surface area contributed by atoms with Crippen LogP contribution in [0.5, 0.6) is 11.5 Å². The fraction of sp³-hybridized carbons (Fsp3) is 0.174. The molecule has 0 radical (unpaired) electrons. The van der Waals surface area contributed by atoms with Crippen LogP contribution in [0.4, 0.5) is 13.2 Å². The fourth-order valence-corrected chi connectivity index (χ4v) is 2.87. The molecule has 0 bridgehead atoms. The van der Waals surface area contributed by atoms with Crippen LogP contribution in [0.3, 0.4) is 0 Å². The Labute approximate surface area is 167 Å². The van der Waals surface area contributed by atoms with Crippen molar-refractivity contribution in [2.24, 2.45) is 0 Å². The minimum Gasteiger partial charge on any atom is -0.457 e. The summed E-state index contributed by atoms with van der Waals surface area (Å²) in [5, 5.41) is 0. The van der Waals surface area contributed by atoms with Crippen molar-refractivity contribution in [1.82, 2.24) is 4.90 Å². The van der Waals surface area contributed by atoms with Crippen molar-refractivity contribution in [3.63, 3.8) is 0 Å². The van der Waals surface area contributed by atoms with E-state index in [0.29, 0.717) is 17.1 Å². The van der Waals surface area contributed by atoms with Crippen LogP contribution in [0.2, 0.25) is 0 Å². The summed E-state index contributed by atoms with van der Waals surface area (Å²) in [7, 11) is 0. The van der Waals surface area contributed by atoms with E-state index in [2.05, 4.69) is 0 Å². The smallest absolute Gasteiger partial charge is 0.406 e. The predicted molar refractivity (Wildman–Crippen MR) is 105 cm³/mol. The van der Waals surface area contributed by atoms with E-state index in [1.54, 1.807) is 42.5 Å². The third kappa shape index (κ3) is 5.85. The van der Waals surface area contributed by atoms with Gasteiger partial charge < -0.3 is 9.64 Å². The summed E-state index contributed by atoms with van der Waals surface area (Å²) in [6.07, 6.45) is -4.49. The standard InChI is InChI=1S/C23H20F3NO2/c1-17-7-5-6-10-21(17)29-20-13-11-19(12-14-20)22(28)27(16-23(24,25)26)15-18-8-3-2-4-9-18/h2-14H,15-16H2,1H3. The molecule has 0 heterocycles. The normalized spacial score (nSPS) is 11.2. The number of halogens is 3. The monoisotopic (exact) mass is 399 g/mol. The molecule has 0 aromatic heterocycles. The van der Waals surface area contributed by atoms with E-state index in [1.807, 2.05) is 31.2 Å². The van der Waals surface area contributed by atoms with Crippen LogP contribution in [-0.2, 0) is 6.54 Å². The summed E-state index contributed by atoms with van der Waals surface area (Å²) in [5.74, 6) is 0.490. The summed E-state index contributed by atoms with van der Waals surface area (Å²) in [6.45, 7) is 0.467. The summed E-state index contributed by atoms with van der Waals surface area (Å²) in [6, 6.07) is 22.2. The molecule has 0 aliphatic heterocycles. The SMILES string of the molecule is Cc1ccccc1Oc1ccc(C(=O)N(Cc2ccccc2)CC(F)(F)F)cc1. The van der Waals surface area contributed by atoms with Gasteiger partial charge in [-0.1, -0.05) is 48.5 Å². The van der Waals surface area contributed by atoms with Crippen LogP contribution in [0.25, 0.3) is 0 Å². The number of carbonyl (C=O) groups is 1. The van der Waals surface area contributed by atoms with E-state index in [9.17, 15) is 18.0 Å². The molecule has 0 saturated carbocycles. The van der Waals surface area contributed by atoms with Crippen LogP contribution in [0.1, 0.15) is 21.5 Å². The Kier molecular flexibility index (Phi) is 6.22. The molecule has 0 aliphatic carbocycles. The number of hydrogen-bond donors (Lipinski definition) is 0. The maximum absolute atomic E-state index is 13.0. The Hall–Kier alpha value is -3.28. The lowest BCUT2D eigenvalue weighted by Crippen LogP contribution is -2.38. The number of hydrogen-bond acceptors (Lipinski definition) is 2. The number of amides is 1. The van der Waals surface area contributed by atoms with Gasteiger partial charge in [0, 0.05) is 12.1 Å². The number of benzene rings is 3. The topological polar surface area (TPSA) is 29.5 Å². The van der Waals surface area contributed by atoms with Gasteiger partial charge in [-0.2, -0.15) is 13.2 Å². The van der Waals surface area contributed by atoms with Crippen LogP contribution in [0, 0.1) is 6.92 Å². The lowest BCUT2D eigenvalue weighted by Gasteiger charge is -2.24. The van der Waals surface area contributed by atoms with Gasteiger partial charge in [-0.25, -0.2) is 0 Å². The number of nitrogens with zero attached hydrogens (tertiary/aromatic N) is 1.